The van der Waals surface area contributed by atoms with Crippen LogP contribution in [0.1, 0.15) is 6.92 Å². The average Bonchev–Trinajstić information content (AvgIpc) is 1.94. The Bertz CT molecular complexity index is 210. The summed E-state index contributed by atoms with van der Waals surface area (Å²) in [6.07, 6.45) is 0. The molecule has 0 heterocycles. The van der Waals surface area contributed by atoms with Crippen LogP contribution in [-0.2, 0) is 0 Å². The molecule has 0 unspecified atom stereocenters. The fraction of sp³-hybridized carbons (Fsp3) is 0.250. The predicted molar refractivity (Wildman–Crippen MR) is 49.4 cm³/mol. The van der Waals surface area contributed by atoms with Gasteiger partial charge in [-0.1, -0.05) is 19.1 Å². The highest BCUT2D eigenvalue weighted by Gasteiger charge is 1.95. The molecule has 0 bridgehead atoms. The molecule has 0 nitrogen and oxygen atoms in total. The molecule has 0 saturated carbocycles. The van der Waals surface area contributed by atoms with Crippen LogP contribution in [-0.4, -0.2) is 5.75 Å². The minimum atomic E-state index is 1.10. The maximum atomic E-state index is 3.45. The van der Waals surface area contributed by atoms with Crippen LogP contribution in [0.5, 0.6) is 0 Å². The highest BCUT2D eigenvalue weighted by Crippen LogP contribution is 2.25. The van der Waals surface area contributed by atoms with Gasteiger partial charge < -0.3 is 0 Å². The molecule has 2 heteroatoms. The van der Waals surface area contributed by atoms with E-state index >= 15 is 0 Å². The highest BCUT2D eigenvalue weighted by atomic mass is 79.9. The zero-order chi connectivity index (χ0) is 7.40. The number of thioether (sulfide) groups is 1. The fourth-order valence-electron chi connectivity index (χ4n) is 0.656. The SMILES string of the molecule is CCSc1[c]cccc1Br. The van der Waals surface area contributed by atoms with Gasteiger partial charge in [0.25, 0.3) is 0 Å². The van der Waals surface area contributed by atoms with E-state index < -0.39 is 0 Å². The predicted octanol–water partition coefficient (Wildman–Crippen LogP) is 3.36. The van der Waals surface area contributed by atoms with Gasteiger partial charge in [-0.2, -0.15) is 0 Å². The molecule has 0 fully saturated rings. The first-order chi connectivity index (χ1) is 4.84. The van der Waals surface area contributed by atoms with Crippen LogP contribution >= 0.6 is 27.7 Å². The smallest absolute Gasteiger partial charge is 0.0317 e. The van der Waals surface area contributed by atoms with E-state index in [9.17, 15) is 0 Å². The van der Waals surface area contributed by atoms with Crippen molar-refractivity contribution >= 4 is 27.7 Å². The molecule has 1 rings (SSSR count). The van der Waals surface area contributed by atoms with Crippen LogP contribution < -0.4 is 0 Å². The van der Waals surface area contributed by atoms with Gasteiger partial charge >= 0.3 is 0 Å². The van der Waals surface area contributed by atoms with E-state index in [2.05, 4.69) is 28.9 Å². The molecule has 53 valence electrons. The summed E-state index contributed by atoms with van der Waals surface area (Å²) in [4.78, 5) is 1.20. The lowest BCUT2D eigenvalue weighted by Gasteiger charge is -1.98. The lowest BCUT2D eigenvalue weighted by atomic mass is 10.4. The molecule has 0 spiro atoms. The molecule has 1 radical (unpaired) electrons. The summed E-state index contributed by atoms with van der Waals surface area (Å²) in [5.74, 6) is 1.10. The van der Waals surface area contributed by atoms with Crippen molar-refractivity contribution in [2.24, 2.45) is 0 Å². The molecule has 0 saturated heterocycles. The number of hydrogen-bond acceptors (Lipinski definition) is 1. The van der Waals surface area contributed by atoms with Gasteiger partial charge in [0.05, 0.1) is 0 Å². The standard InChI is InChI=1S/C8H8BrS/c1-2-10-8-6-4-3-5-7(8)9/h3-5H,2H2,1H3. The Morgan fingerprint density at radius 3 is 3.10 bits per heavy atom. The fourth-order valence-corrected chi connectivity index (χ4v) is 1.91. The lowest BCUT2D eigenvalue weighted by Crippen LogP contribution is -1.73. The summed E-state index contributed by atoms with van der Waals surface area (Å²) < 4.78 is 1.14. The molecule has 1 aromatic rings. The minimum Gasteiger partial charge on any atom is -0.125 e. The Labute approximate surface area is 74.2 Å². The molecule has 10 heavy (non-hydrogen) atoms. The van der Waals surface area contributed by atoms with Crippen molar-refractivity contribution in [1.29, 1.82) is 0 Å². The Morgan fingerprint density at radius 2 is 2.50 bits per heavy atom. The first kappa shape index (κ1) is 8.15. The number of hydrogen-bond donors (Lipinski definition) is 0. The molecule has 0 N–H and O–H groups in total. The number of rotatable bonds is 2. The largest absolute Gasteiger partial charge is 0.125 e. The summed E-state index contributed by atoms with van der Waals surface area (Å²) in [6, 6.07) is 9.10. The van der Waals surface area contributed by atoms with Crippen LogP contribution in [0.2, 0.25) is 0 Å². The topological polar surface area (TPSA) is 0 Å². The van der Waals surface area contributed by atoms with Gasteiger partial charge in [-0.05, 0) is 33.8 Å². The quantitative estimate of drug-likeness (QED) is 0.683. The number of halogens is 1. The molecular weight excluding hydrogens is 208 g/mol. The van der Waals surface area contributed by atoms with Crippen LogP contribution in [0.15, 0.2) is 27.6 Å². The normalized spacial score (nSPS) is 9.80. The van der Waals surface area contributed by atoms with Crippen molar-refractivity contribution in [3.05, 3.63) is 28.7 Å². The Balaban J connectivity index is 2.81. The van der Waals surface area contributed by atoms with Crippen molar-refractivity contribution in [2.75, 3.05) is 5.75 Å². The summed E-state index contributed by atoms with van der Waals surface area (Å²) in [5, 5.41) is 0. The molecule has 0 aliphatic heterocycles. The molecule has 0 aliphatic carbocycles. The van der Waals surface area contributed by atoms with Gasteiger partial charge in [0.2, 0.25) is 0 Å². The van der Waals surface area contributed by atoms with Crippen LogP contribution in [0.25, 0.3) is 0 Å². The van der Waals surface area contributed by atoms with Crippen LogP contribution in [0.3, 0.4) is 0 Å². The summed E-state index contributed by atoms with van der Waals surface area (Å²) in [6.45, 7) is 2.14. The van der Waals surface area contributed by atoms with Crippen molar-refractivity contribution < 1.29 is 0 Å². The van der Waals surface area contributed by atoms with E-state index in [-0.39, 0.29) is 0 Å². The van der Waals surface area contributed by atoms with Crippen LogP contribution in [0.4, 0.5) is 0 Å². The van der Waals surface area contributed by atoms with E-state index in [1.165, 1.54) is 4.90 Å². The van der Waals surface area contributed by atoms with E-state index in [0.717, 1.165) is 10.2 Å². The Kier molecular flexibility index (Phi) is 3.29. The van der Waals surface area contributed by atoms with Crippen molar-refractivity contribution in [1.82, 2.24) is 0 Å². The van der Waals surface area contributed by atoms with Crippen molar-refractivity contribution in [2.45, 2.75) is 11.8 Å². The molecular formula is C8H8BrS. The second kappa shape index (κ2) is 4.04. The van der Waals surface area contributed by atoms with Gasteiger partial charge in [0.15, 0.2) is 0 Å². The van der Waals surface area contributed by atoms with Crippen molar-refractivity contribution in [3.63, 3.8) is 0 Å². The average molecular weight is 216 g/mol. The Hall–Kier alpha value is 0.0500. The summed E-state index contributed by atoms with van der Waals surface area (Å²) >= 11 is 5.24. The molecule has 0 aromatic heterocycles. The van der Waals surface area contributed by atoms with E-state index in [1.807, 2.05) is 18.2 Å². The van der Waals surface area contributed by atoms with E-state index in [1.54, 1.807) is 11.8 Å². The second-order valence-corrected chi connectivity index (χ2v) is 3.91. The molecule has 0 aliphatic rings. The zero-order valence-electron chi connectivity index (χ0n) is 5.73. The van der Waals surface area contributed by atoms with Gasteiger partial charge in [0, 0.05) is 9.37 Å². The second-order valence-electron chi connectivity index (χ2n) is 1.78. The monoisotopic (exact) mass is 215 g/mol. The van der Waals surface area contributed by atoms with E-state index in [0.29, 0.717) is 0 Å². The minimum absolute atomic E-state index is 1.10. The highest BCUT2D eigenvalue weighted by molar-refractivity contribution is 9.10. The molecule has 0 atom stereocenters. The molecule has 1 aromatic carbocycles. The first-order valence-corrected chi connectivity index (χ1v) is 4.91. The first-order valence-electron chi connectivity index (χ1n) is 3.13. The molecule has 0 amide bonds. The van der Waals surface area contributed by atoms with Gasteiger partial charge in [-0.15, -0.1) is 11.8 Å². The van der Waals surface area contributed by atoms with Gasteiger partial charge in [-0.3, -0.25) is 0 Å². The summed E-state index contributed by atoms with van der Waals surface area (Å²) in [5.41, 5.74) is 0. The maximum Gasteiger partial charge on any atom is 0.0317 e. The third kappa shape index (κ3) is 2.03. The van der Waals surface area contributed by atoms with Crippen molar-refractivity contribution in [3.8, 4) is 0 Å². The number of benzene rings is 1. The zero-order valence-corrected chi connectivity index (χ0v) is 8.13. The summed E-state index contributed by atoms with van der Waals surface area (Å²) in [7, 11) is 0. The van der Waals surface area contributed by atoms with Gasteiger partial charge in [-0.25, -0.2) is 0 Å². The third-order valence-electron chi connectivity index (χ3n) is 1.06. The van der Waals surface area contributed by atoms with E-state index in [4.69, 9.17) is 0 Å². The Morgan fingerprint density at radius 1 is 1.70 bits per heavy atom. The van der Waals surface area contributed by atoms with Crippen LogP contribution in [0, 0.1) is 6.07 Å². The lowest BCUT2D eigenvalue weighted by molar-refractivity contribution is 1.37. The maximum absolute atomic E-state index is 3.45. The third-order valence-corrected chi connectivity index (χ3v) is 2.90. The van der Waals surface area contributed by atoms with Gasteiger partial charge in [0.1, 0.15) is 0 Å².